The standard InChI is InChI=1S/C57H51N/c1-7-40-34-55(37(4)28-52(40)49-25-22-43-16-10-13-19-46(43)31-49)58(56-35-41(8-2)53(29-38(56)5)50-26-23-44-17-11-14-20-47(44)32-50)57-36-42(9-3)54(30-39(57)6)51-27-24-45-18-12-15-21-48(45)33-51/h10-36H,7-9H2,1-6H3. The zero-order valence-corrected chi connectivity index (χ0v) is 34.7. The predicted molar refractivity (Wildman–Crippen MR) is 252 cm³/mol. The molecule has 0 bridgehead atoms. The van der Waals surface area contributed by atoms with Gasteiger partial charge in [-0.3, -0.25) is 0 Å². The number of aryl methyl sites for hydroxylation is 6. The van der Waals surface area contributed by atoms with Gasteiger partial charge in [0, 0.05) is 17.1 Å². The highest BCUT2D eigenvalue weighted by atomic mass is 15.1. The highest BCUT2D eigenvalue weighted by Gasteiger charge is 2.24. The van der Waals surface area contributed by atoms with Gasteiger partial charge in [-0.2, -0.15) is 0 Å². The Kier molecular flexibility index (Phi) is 9.92. The fourth-order valence-corrected chi connectivity index (χ4v) is 9.09. The Hall–Kier alpha value is -6.44. The molecule has 0 saturated carbocycles. The SMILES string of the molecule is CCc1cc(N(c2cc(CC)c(-c3ccc4ccccc4c3)cc2C)c2cc(CC)c(-c3ccc4ccccc4c3)cc2C)c(C)cc1-c1ccc2ccccc2c1. The molecule has 0 N–H and O–H groups in total. The number of hydrogen-bond donors (Lipinski definition) is 0. The molecule has 0 aliphatic rings. The summed E-state index contributed by atoms with van der Waals surface area (Å²) in [6.45, 7) is 13.8. The number of rotatable bonds is 9. The maximum absolute atomic E-state index is 2.58. The Labute approximate surface area is 344 Å². The van der Waals surface area contributed by atoms with Crippen molar-refractivity contribution in [3.8, 4) is 33.4 Å². The summed E-state index contributed by atoms with van der Waals surface area (Å²) < 4.78 is 0. The molecule has 58 heavy (non-hydrogen) atoms. The monoisotopic (exact) mass is 749 g/mol. The zero-order valence-electron chi connectivity index (χ0n) is 34.7. The van der Waals surface area contributed by atoms with Crippen molar-refractivity contribution in [2.45, 2.75) is 60.8 Å². The van der Waals surface area contributed by atoms with Crippen molar-refractivity contribution in [2.75, 3.05) is 4.90 Å². The first kappa shape index (κ1) is 37.2. The fourth-order valence-electron chi connectivity index (χ4n) is 9.09. The van der Waals surface area contributed by atoms with Gasteiger partial charge in [0.2, 0.25) is 0 Å². The summed E-state index contributed by atoms with van der Waals surface area (Å²) in [4.78, 5) is 2.58. The van der Waals surface area contributed by atoms with Crippen LogP contribution in [0.5, 0.6) is 0 Å². The Bertz CT molecular complexity index is 2680. The van der Waals surface area contributed by atoms with Crippen LogP contribution < -0.4 is 4.90 Å². The van der Waals surface area contributed by atoms with Gasteiger partial charge >= 0.3 is 0 Å². The van der Waals surface area contributed by atoms with Crippen molar-refractivity contribution in [1.82, 2.24) is 0 Å². The fraction of sp³-hybridized carbons (Fsp3) is 0.158. The van der Waals surface area contributed by atoms with Gasteiger partial charge in [0.15, 0.2) is 0 Å². The molecule has 0 saturated heterocycles. The van der Waals surface area contributed by atoms with Crippen LogP contribution in [0, 0.1) is 20.8 Å². The van der Waals surface area contributed by atoms with Gasteiger partial charge in [-0.05, 0) is 194 Å². The molecule has 0 atom stereocenters. The van der Waals surface area contributed by atoms with Crippen LogP contribution in [0.3, 0.4) is 0 Å². The molecule has 284 valence electrons. The molecule has 9 aromatic carbocycles. The van der Waals surface area contributed by atoms with Crippen molar-refractivity contribution in [1.29, 1.82) is 0 Å². The summed E-state index contributed by atoms with van der Waals surface area (Å²) >= 11 is 0. The minimum atomic E-state index is 0.934. The molecule has 9 rings (SSSR count). The van der Waals surface area contributed by atoms with Crippen molar-refractivity contribution >= 4 is 49.4 Å². The number of fused-ring (bicyclic) bond motifs is 3. The van der Waals surface area contributed by atoms with Crippen LogP contribution in [0.1, 0.15) is 54.2 Å². The minimum Gasteiger partial charge on any atom is -0.310 e. The lowest BCUT2D eigenvalue weighted by atomic mass is 9.90. The van der Waals surface area contributed by atoms with Crippen LogP contribution in [0.15, 0.2) is 164 Å². The molecule has 0 amide bonds. The van der Waals surface area contributed by atoms with Crippen LogP contribution in [0.4, 0.5) is 17.1 Å². The lowest BCUT2D eigenvalue weighted by Gasteiger charge is -2.32. The van der Waals surface area contributed by atoms with E-state index in [0.29, 0.717) is 0 Å². The summed E-state index contributed by atoms with van der Waals surface area (Å²) in [5.41, 5.74) is 19.2. The first-order valence-electron chi connectivity index (χ1n) is 21.0. The molecule has 0 aliphatic carbocycles. The molecule has 0 aliphatic heterocycles. The molecular formula is C57H51N. The molecule has 0 spiro atoms. The van der Waals surface area contributed by atoms with E-state index in [1.54, 1.807) is 0 Å². The van der Waals surface area contributed by atoms with Gasteiger partial charge in [0.25, 0.3) is 0 Å². The molecule has 1 heteroatoms. The lowest BCUT2D eigenvalue weighted by Crippen LogP contribution is -2.16. The van der Waals surface area contributed by atoms with Crippen molar-refractivity contribution in [3.05, 3.63) is 197 Å². The molecule has 1 nitrogen and oxygen atoms in total. The quantitative estimate of drug-likeness (QED) is 0.142. The molecule has 0 heterocycles. The highest BCUT2D eigenvalue weighted by molar-refractivity contribution is 5.93. The molecular weight excluding hydrogens is 699 g/mol. The summed E-state index contributed by atoms with van der Waals surface area (Å²) in [6.07, 6.45) is 2.80. The van der Waals surface area contributed by atoms with E-state index in [0.717, 1.165) is 19.3 Å². The third kappa shape index (κ3) is 6.75. The van der Waals surface area contributed by atoms with Crippen LogP contribution in [0.25, 0.3) is 65.7 Å². The molecule has 0 unspecified atom stereocenters. The normalized spacial score (nSPS) is 11.5. The third-order valence-corrected chi connectivity index (χ3v) is 12.3. The van der Waals surface area contributed by atoms with Gasteiger partial charge in [-0.15, -0.1) is 0 Å². The third-order valence-electron chi connectivity index (χ3n) is 12.3. The first-order chi connectivity index (χ1) is 28.3. The number of hydrogen-bond acceptors (Lipinski definition) is 1. The maximum atomic E-state index is 2.58. The number of anilines is 3. The second-order valence-corrected chi connectivity index (χ2v) is 16.0. The summed E-state index contributed by atoms with van der Waals surface area (Å²) in [7, 11) is 0. The average molecular weight is 750 g/mol. The Morgan fingerprint density at radius 2 is 0.586 bits per heavy atom. The summed E-state index contributed by atoms with van der Waals surface area (Å²) in [5, 5.41) is 7.63. The largest absolute Gasteiger partial charge is 0.310 e. The number of nitrogens with zero attached hydrogens (tertiary/aromatic N) is 1. The van der Waals surface area contributed by atoms with E-state index in [9.17, 15) is 0 Å². The van der Waals surface area contributed by atoms with Gasteiger partial charge in [-0.25, -0.2) is 0 Å². The van der Waals surface area contributed by atoms with Crippen molar-refractivity contribution in [2.24, 2.45) is 0 Å². The van der Waals surface area contributed by atoms with Crippen LogP contribution in [-0.2, 0) is 19.3 Å². The van der Waals surface area contributed by atoms with Crippen LogP contribution in [-0.4, -0.2) is 0 Å². The topological polar surface area (TPSA) is 3.24 Å². The number of benzene rings is 9. The van der Waals surface area contributed by atoms with E-state index in [-0.39, 0.29) is 0 Å². The second kappa shape index (κ2) is 15.5. The van der Waals surface area contributed by atoms with E-state index in [1.165, 1.54) is 116 Å². The first-order valence-corrected chi connectivity index (χ1v) is 21.0. The Balaban J connectivity index is 1.25. The Morgan fingerprint density at radius 1 is 0.310 bits per heavy atom. The average Bonchev–Trinajstić information content (AvgIpc) is 3.27. The maximum Gasteiger partial charge on any atom is 0.0494 e. The molecule has 0 aromatic heterocycles. The predicted octanol–water partition coefficient (Wildman–Crippen LogP) is 16.2. The second-order valence-electron chi connectivity index (χ2n) is 16.0. The van der Waals surface area contributed by atoms with Gasteiger partial charge in [0.1, 0.15) is 0 Å². The lowest BCUT2D eigenvalue weighted by molar-refractivity contribution is 1.10. The molecule has 0 radical (unpaired) electrons. The minimum absolute atomic E-state index is 0.934. The Morgan fingerprint density at radius 3 is 0.862 bits per heavy atom. The summed E-state index contributed by atoms with van der Waals surface area (Å²) in [6, 6.07) is 61.5. The smallest absolute Gasteiger partial charge is 0.0494 e. The van der Waals surface area contributed by atoms with Crippen LogP contribution in [0.2, 0.25) is 0 Å². The van der Waals surface area contributed by atoms with E-state index in [1.807, 2.05) is 0 Å². The highest BCUT2D eigenvalue weighted by Crippen LogP contribution is 2.46. The van der Waals surface area contributed by atoms with Gasteiger partial charge in [-0.1, -0.05) is 130 Å². The van der Waals surface area contributed by atoms with Crippen molar-refractivity contribution in [3.63, 3.8) is 0 Å². The van der Waals surface area contributed by atoms with E-state index in [2.05, 4.69) is 210 Å². The van der Waals surface area contributed by atoms with Gasteiger partial charge in [0.05, 0.1) is 0 Å². The molecule has 9 aromatic rings. The van der Waals surface area contributed by atoms with Gasteiger partial charge < -0.3 is 4.90 Å². The molecule has 0 fully saturated rings. The zero-order chi connectivity index (χ0) is 39.9. The van der Waals surface area contributed by atoms with E-state index < -0.39 is 0 Å². The van der Waals surface area contributed by atoms with Crippen molar-refractivity contribution < 1.29 is 0 Å². The van der Waals surface area contributed by atoms with Crippen LogP contribution >= 0.6 is 0 Å². The summed E-state index contributed by atoms with van der Waals surface area (Å²) in [5.74, 6) is 0. The van der Waals surface area contributed by atoms with E-state index in [4.69, 9.17) is 0 Å². The van der Waals surface area contributed by atoms with E-state index >= 15 is 0 Å².